The fourth-order valence-electron chi connectivity index (χ4n) is 2.79. The van der Waals surface area contributed by atoms with Gasteiger partial charge in [0.15, 0.2) is 17.6 Å². The van der Waals surface area contributed by atoms with Crippen LogP contribution in [-0.4, -0.2) is 62.4 Å². The summed E-state index contributed by atoms with van der Waals surface area (Å²) in [5.41, 5.74) is 0. The number of benzene rings is 1. The van der Waals surface area contributed by atoms with Crippen molar-refractivity contribution in [2.45, 2.75) is 25.5 Å². The maximum Gasteiger partial charge on any atom is 0.221 e. The first-order chi connectivity index (χ1) is 11.2. The maximum atomic E-state index is 12.1. The molecule has 1 amide bonds. The smallest absolute Gasteiger partial charge is 0.221 e. The van der Waals surface area contributed by atoms with Crippen molar-refractivity contribution in [3.63, 3.8) is 0 Å². The summed E-state index contributed by atoms with van der Waals surface area (Å²) < 4.78 is 16.9. The minimum absolute atomic E-state index is 0.0476. The van der Waals surface area contributed by atoms with Gasteiger partial charge in [-0.25, -0.2) is 0 Å². The van der Waals surface area contributed by atoms with Crippen molar-refractivity contribution in [2.75, 3.05) is 39.5 Å². The van der Waals surface area contributed by atoms with Crippen LogP contribution in [0.4, 0.5) is 0 Å². The summed E-state index contributed by atoms with van der Waals surface area (Å²) >= 11 is 0. The van der Waals surface area contributed by atoms with Crippen LogP contribution < -0.4 is 14.8 Å². The van der Waals surface area contributed by atoms with Crippen molar-refractivity contribution in [1.29, 1.82) is 0 Å². The summed E-state index contributed by atoms with van der Waals surface area (Å²) in [5, 5.41) is 3.02. The molecule has 1 aromatic rings. The minimum atomic E-state index is -0.169. The Labute approximate surface area is 136 Å². The van der Waals surface area contributed by atoms with Crippen LogP contribution in [0.3, 0.4) is 0 Å². The lowest BCUT2D eigenvalue weighted by Gasteiger charge is -2.31. The Morgan fingerprint density at radius 1 is 1.30 bits per heavy atom. The largest absolute Gasteiger partial charge is 0.486 e. The third kappa shape index (κ3) is 4.36. The molecular formula is C17H24N2O4. The molecule has 1 saturated heterocycles. The predicted molar refractivity (Wildman–Crippen MR) is 85.8 cm³/mol. The minimum Gasteiger partial charge on any atom is -0.486 e. The van der Waals surface area contributed by atoms with Crippen LogP contribution >= 0.6 is 0 Å². The second kappa shape index (κ2) is 7.66. The third-order valence-corrected chi connectivity index (χ3v) is 4.24. The molecule has 6 nitrogen and oxygen atoms in total. The fourth-order valence-corrected chi connectivity index (χ4v) is 2.79. The molecule has 2 aliphatic rings. The van der Waals surface area contributed by atoms with E-state index in [1.54, 1.807) is 0 Å². The molecule has 0 bridgehead atoms. The zero-order valence-corrected chi connectivity index (χ0v) is 13.5. The molecule has 6 heteroatoms. The number of amides is 1. The van der Waals surface area contributed by atoms with E-state index in [0.29, 0.717) is 13.0 Å². The maximum absolute atomic E-state index is 12.1. The summed E-state index contributed by atoms with van der Waals surface area (Å²) in [5.74, 6) is 1.54. The number of carbonyl (C=O) groups excluding carboxylic acids is 1. The average molecular weight is 320 g/mol. The summed E-state index contributed by atoms with van der Waals surface area (Å²) in [7, 11) is 0. The Morgan fingerprint density at radius 2 is 2.04 bits per heavy atom. The van der Waals surface area contributed by atoms with Crippen molar-refractivity contribution in [3.05, 3.63) is 24.3 Å². The highest BCUT2D eigenvalue weighted by Crippen LogP contribution is 2.31. The van der Waals surface area contributed by atoms with Gasteiger partial charge in [0.05, 0.1) is 19.3 Å². The molecule has 0 unspecified atom stereocenters. The van der Waals surface area contributed by atoms with E-state index in [-0.39, 0.29) is 18.1 Å². The van der Waals surface area contributed by atoms with Crippen LogP contribution in [0.25, 0.3) is 0 Å². The van der Waals surface area contributed by atoms with E-state index in [4.69, 9.17) is 14.2 Å². The second-order valence-electron chi connectivity index (χ2n) is 5.97. The third-order valence-electron chi connectivity index (χ3n) is 4.24. The number of hydrogen-bond donors (Lipinski definition) is 1. The quantitative estimate of drug-likeness (QED) is 0.879. The summed E-state index contributed by atoms with van der Waals surface area (Å²) in [6, 6.07) is 7.50. The predicted octanol–water partition coefficient (Wildman–Crippen LogP) is 1.05. The number of ether oxygens (including phenoxy) is 3. The van der Waals surface area contributed by atoms with Gasteiger partial charge in [0.25, 0.3) is 0 Å². The lowest BCUT2D eigenvalue weighted by Crippen LogP contribution is -2.48. The van der Waals surface area contributed by atoms with E-state index in [0.717, 1.165) is 44.3 Å². The van der Waals surface area contributed by atoms with Gasteiger partial charge >= 0.3 is 0 Å². The van der Waals surface area contributed by atoms with Gasteiger partial charge in [0.2, 0.25) is 5.91 Å². The van der Waals surface area contributed by atoms with Crippen LogP contribution in [0.15, 0.2) is 24.3 Å². The number of carbonyl (C=O) groups is 1. The van der Waals surface area contributed by atoms with Crippen LogP contribution in [0.2, 0.25) is 0 Å². The van der Waals surface area contributed by atoms with Crippen molar-refractivity contribution in [1.82, 2.24) is 10.2 Å². The zero-order valence-electron chi connectivity index (χ0n) is 13.5. The normalized spacial score (nSPS) is 22.4. The molecule has 0 radical (unpaired) electrons. The molecule has 0 saturated carbocycles. The molecule has 1 aromatic carbocycles. The number of fused-ring (bicyclic) bond motifs is 1. The Kier molecular flexibility index (Phi) is 5.35. The van der Waals surface area contributed by atoms with Crippen molar-refractivity contribution >= 4 is 5.91 Å². The molecule has 0 spiro atoms. The lowest BCUT2D eigenvalue weighted by molar-refractivity contribution is -0.123. The van der Waals surface area contributed by atoms with Crippen LogP contribution in [0, 0.1) is 0 Å². The Balaban J connectivity index is 1.43. The second-order valence-corrected chi connectivity index (χ2v) is 5.97. The van der Waals surface area contributed by atoms with Crippen molar-refractivity contribution < 1.29 is 19.0 Å². The summed E-state index contributed by atoms with van der Waals surface area (Å²) in [6.45, 7) is 6.48. The molecule has 1 N–H and O–H groups in total. The number of para-hydroxylation sites is 2. The Bertz CT molecular complexity index is 531. The number of rotatable bonds is 5. The van der Waals surface area contributed by atoms with Gasteiger partial charge in [0.1, 0.15) is 6.61 Å². The van der Waals surface area contributed by atoms with Crippen molar-refractivity contribution in [2.24, 2.45) is 0 Å². The van der Waals surface area contributed by atoms with Gasteiger partial charge in [-0.3, -0.25) is 9.69 Å². The lowest BCUT2D eigenvalue weighted by atomic mass is 10.1. The number of nitrogens with zero attached hydrogens (tertiary/aromatic N) is 1. The molecule has 2 heterocycles. The van der Waals surface area contributed by atoms with Gasteiger partial charge in [-0.2, -0.15) is 0 Å². The Morgan fingerprint density at radius 3 is 2.83 bits per heavy atom. The highest BCUT2D eigenvalue weighted by atomic mass is 16.6. The van der Waals surface area contributed by atoms with Gasteiger partial charge in [-0.15, -0.1) is 0 Å². The Hall–Kier alpha value is -1.79. The summed E-state index contributed by atoms with van der Waals surface area (Å²) in [4.78, 5) is 14.4. The molecular weight excluding hydrogens is 296 g/mol. The molecule has 0 aliphatic carbocycles. The molecule has 126 valence electrons. The molecule has 23 heavy (non-hydrogen) atoms. The van der Waals surface area contributed by atoms with E-state index in [1.165, 1.54) is 0 Å². The van der Waals surface area contributed by atoms with Gasteiger partial charge in [-0.1, -0.05) is 12.1 Å². The number of morpholine rings is 1. The highest BCUT2D eigenvalue weighted by molar-refractivity contribution is 5.76. The van der Waals surface area contributed by atoms with E-state index in [2.05, 4.69) is 10.2 Å². The topological polar surface area (TPSA) is 60.0 Å². The van der Waals surface area contributed by atoms with E-state index >= 15 is 0 Å². The molecule has 0 aromatic heterocycles. The molecule has 2 atom stereocenters. The first-order valence-corrected chi connectivity index (χ1v) is 8.20. The standard InChI is InChI=1S/C17H24N2O4/c1-13(16-12-22-14-4-2-3-5-15(14)23-16)18-17(20)6-7-19-8-10-21-11-9-19/h2-5,13,16H,6-12H2,1H3,(H,18,20)/t13-,16+/m0/s1. The molecule has 1 fully saturated rings. The summed E-state index contributed by atoms with van der Waals surface area (Å²) in [6.07, 6.45) is 0.325. The zero-order chi connectivity index (χ0) is 16.1. The first-order valence-electron chi connectivity index (χ1n) is 8.20. The number of hydrogen-bond acceptors (Lipinski definition) is 5. The van der Waals surface area contributed by atoms with E-state index in [9.17, 15) is 4.79 Å². The average Bonchev–Trinajstić information content (AvgIpc) is 2.60. The van der Waals surface area contributed by atoms with Crippen molar-refractivity contribution in [3.8, 4) is 11.5 Å². The van der Waals surface area contributed by atoms with Gasteiger partial charge in [-0.05, 0) is 19.1 Å². The number of nitrogens with one attached hydrogen (secondary N) is 1. The van der Waals surface area contributed by atoms with Gasteiger partial charge < -0.3 is 19.5 Å². The van der Waals surface area contributed by atoms with Crippen LogP contribution in [0.5, 0.6) is 11.5 Å². The van der Waals surface area contributed by atoms with E-state index < -0.39 is 0 Å². The van der Waals surface area contributed by atoms with Gasteiger partial charge in [0, 0.05) is 26.1 Å². The first kappa shape index (κ1) is 16.1. The monoisotopic (exact) mass is 320 g/mol. The van der Waals surface area contributed by atoms with Crippen LogP contribution in [0.1, 0.15) is 13.3 Å². The molecule has 3 rings (SSSR count). The SMILES string of the molecule is C[C@H](NC(=O)CCN1CCOCC1)[C@H]1COc2ccccc2O1. The fraction of sp³-hybridized carbons (Fsp3) is 0.588. The van der Waals surface area contributed by atoms with Crippen LogP contribution in [-0.2, 0) is 9.53 Å². The molecule has 2 aliphatic heterocycles. The van der Waals surface area contributed by atoms with E-state index in [1.807, 2.05) is 31.2 Å². The highest BCUT2D eigenvalue weighted by Gasteiger charge is 2.27.